The Bertz CT molecular complexity index is 421. The van der Waals surface area contributed by atoms with Crippen molar-refractivity contribution < 1.29 is 4.79 Å². The molecule has 2 N–H and O–H groups in total. The third-order valence-electron chi connectivity index (χ3n) is 2.42. The van der Waals surface area contributed by atoms with E-state index in [1.165, 1.54) is 0 Å². The lowest BCUT2D eigenvalue weighted by atomic mass is 10.2. The Morgan fingerprint density at radius 2 is 1.89 bits per heavy atom. The summed E-state index contributed by atoms with van der Waals surface area (Å²) in [5.41, 5.74) is 0.994. The highest BCUT2D eigenvalue weighted by molar-refractivity contribution is 6.42. The maximum Gasteiger partial charge on any atom is 0.237 e. The van der Waals surface area contributed by atoms with Crippen molar-refractivity contribution >= 4 is 29.1 Å². The van der Waals surface area contributed by atoms with E-state index in [0.29, 0.717) is 16.6 Å². The molecule has 3 nitrogen and oxygen atoms in total. The van der Waals surface area contributed by atoms with Crippen LogP contribution in [0.1, 0.15) is 26.3 Å². The Morgan fingerprint density at radius 3 is 2.44 bits per heavy atom. The van der Waals surface area contributed by atoms with Gasteiger partial charge in [0.25, 0.3) is 0 Å². The van der Waals surface area contributed by atoms with Gasteiger partial charge in [-0.2, -0.15) is 0 Å². The molecule has 1 atom stereocenters. The van der Waals surface area contributed by atoms with E-state index in [-0.39, 0.29) is 18.0 Å². The Kier molecular flexibility index (Phi) is 5.93. The SMILES string of the molecule is CC(C)NC(=O)C(C)NCc1ccc(Cl)c(Cl)c1. The summed E-state index contributed by atoms with van der Waals surface area (Å²) in [5.74, 6) is -0.00920. The second-order valence-electron chi connectivity index (χ2n) is 4.51. The Hall–Kier alpha value is -0.770. The second-order valence-corrected chi connectivity index (χ2v) is 5.33. The minimum Gasteiger partial charge on any atom is -0.353 e. The minimum atomic E-state index is -0.248. The quantitative estimate of drug-likeness (QED) is 0.875. The largest absolute Gasteiger partial charge is 0.353 e. The summed E-state index contributed by atoms with van der Waals surface area (Å²) in [6.07, 6.45) is 0. The highest BCUT2D eigenvalue weighted by Crippen LogP contribution is 2.22. The van der Waals surface area contributed by atoms with Crippen LogP contribution < -0.4 is 10.6 Å². The lowest BCUT2D eigenvalue weighted by Crippen LogP contribution is -2.44. The summed E-state index contributed by atoms with van der Waals surface area (Å²) in [4.78, 5) is 11.7. The maximum atomic E-state index is 11.7. The standard InChI is InChI=1S/C13H18Cl2N2O/c1-8(2)17-13(18)9(3)16-7-10-4-5-11(14)12(15)6-10/h4-6,8-9,16H,7H2,1-3H3,(H,17,18). The van der Waals surface area contributed by atoms with Crippen LogP contribution in [0.5, 0.6) is 0 Å². The lowest BCUT2D eigenvalue weighted by Gasteiger charge is -2.16. The molecule has 0 bridgehead atoms. The zero-order valence-electron chi connectivity index (χ0n) is 10.8. The maximum absolute atomic E-state index is 11.7. The van der Waals surface area contributed by atoms with Gasteiger partial charge in [-0.15, -0.1) is 0 Å². The van der Waals surface area contributed by atoms with Crippen molar-refractivity contribution in [1.82, 2.24) is 10.6 Å². The number of hydrogen-bond acceptors (Lipinski definition) is 2. The highest BCUT2D eigenvalue weighted by Gasteiger charge is 2.12. The molecule has 0 aliphatic rings. The van der Waals surface area contributed by atoms with Crippen molar-refractivity contribution in [3.8, 4) is 0 Å². The van der Waals surface area contributed by atoms with E-state index in [4.69, 9.17) is 23.2 Å². The number of halogens is 2. The molecule has 1 aromatic rings. The normalized spacial score (nSPS) is 12.6. The third-order valence-corrected chi connectivity index (χ3v) is 3.16. The van der Waals surface area contributed by atoms with Gasteiger partial charge in [0.05, 0.1) is 16.1 Å². The summed E-state index contributed by atoms with van der Waals surface area (Å²) in [7, 11) is 0. The van der Waals surface area contributed by atoms with Crippen molar-refractivity contribution in [2.45, 2.75) is 39.4 Å². The molecular weight excluding hydrogens is 271 g/mol. The topological polar surface area (TPSA) is 41.1 Å². The predicted molar refractivity (Wildman–Crippen MR) is 76.0 cm³/mol. The van der Waals surface area contributed by atoms with Crippen LogP contribution in [0, 0.1) is 0 Å². The monoisotopic (exact) mass is 288 g/mol. The molecule has 0 saturated heterocycles. The molecule has 0 heterocycles. The van der Waals surface area contributed by atoms with Gasteiger partial charge in [-0.25, -0.2) is 0 Å². The van der Waals surface area contributed by atoms with E-state index in [2.05, 4.69) is 10.6 Å². The fourth-order valence-electron chi connectivity index (χ4n) is 1.42. The van der Waals surface area contributed by atoms with Crippen LogP contribution in [-0.2, 0) is 11.3 Å². The summed E-state index contributed by atoms with van der Waals surface area (Å²) in [6, 6.07) is 5.33. The van der Waals surface area contributed by atoms with Crippen LogP contribution in [0.15, 0.2) is 18.2 Å². The van der Waals surface area contributed by atoms with Gasteiger partial charge in [-0.1, -0.05) is 29.3 Å². The van der Waals surface area contributed by atoms with E-state index >= 15 is 0 Å². The lowest BCUT2D eigenvalue weighted by molar-refractivity contribution is -0.123. The molecule has 18 heavy (non-hydrogen) atoms. The van der Waals surface area contributed by atoms with Gasteiger partial charge < -0.3 is 10.6 Å². The molecule has 0 fully saturated rings. The van der Waals surface area contributed by atoms with Crippen LogP contribution in [0.2, 0.25) is 10.0 Å². The molecule has 100 valence electrons. The fraction of sp³-hybridized carbons (Fsp3) is 0.462. The molecule has 1 unspecified atom stereocenters. The molecule has 0 spiro atoms. The van der Waals surface area contributed by atoms with Gasteiger partial charge in [0.2, 0.25) is 5.91 Å². The molecule has 0 radical (unpaired) electrons. The van der Waals surface area contributed by atoms with E-state index in [1.54, 1.807) is 12.1 Å². The Balaban J connectivity index is 2.49. The molecule has 1 rings (SSSR count). The van der Waals surface area contributed by atoms with Crippen molar-refractivity contribution in [2.75, 3.05) is 0 Å². The zero-order chi connectivity index (χ0) is 13.7. The van der Waals surface area contributed by atoms with Gasteiger partial charge in [-0.05, 0) is 38.5 Å². The van der Waals surface area contributed by atoms with Crippen LogP contribution in [0.3, 0.4) is 0 Å². The number of rotatable bonds is 5. The summed E-state index contributed by atoms with van der Waals surface area (Å²) in [6.45, 7) is 6.27. The Labute approximate surface area is 118 Å². The van der Waals surface area contributed by atoms with Crippen molar-refractivity contribution in [3.05, 3.63) is 33.8 Å². The number of carbonyl (C=O) groups is 1. The van der Waals surface area contributed by atoms with Gasteiger partial charge >= 0.3 is 0 Å². The number of hydrogen-bond donors (Lipinski definition) is 2. The van der Waals surface area contributed by atoms with Crippen LogP contribution in [0.4, 0.5) is 0 Å². The van der Waals surface area contributed by atoms with Gasteiger partial charge in [0, 0.05) is 12.6 Å². The molecule has 1 aromatic carbocycles. The summed E-state index contributed by atoms with van der Waals surface area (Å²) in [5, 5.41) is 7.04. The molecule has 0 saturated carbocycles. The predicted octanol–water partition coefficient (Wildman–Crippen LogP) is 3.00. The van der Waals surface area contributed by atoms with E-state index in [1.807, 2.05) is 26.8 Å². The average Bonchev–Trinajstić information content (AvgIpc) is 2.29. The molecule has 5 heteroatoms. The minimum absolute atomic E-state index is 0.00920. The van der Waals surface area contributed by atoms with Crippen molar-refractivity contribution in [1.29, 1.82) is 0 Å². The van der Waals surface area contributed by atoms with Crippen LogP contribution >= 0.6 is 23.2 Å². The number of carbonyl (C=O) groups excluding carboxylic acids is 1. The molecule has 0 aliphatic heterocycles. The van der Waals surface area contributed by atoms with E-state index in [0.717, 1.165) is 5.56 Å². The fourth-order valence-corrected chi connectivity index (χ4v) is 1.74. The first kappa shape index (κ1) is 15.3. The van der Waals surface area contributed by atoms with E-state index < -0.39 is 0 Å². The number of benzene rings is 1. The average molecular weight is 289 g/mol. The first-order chi connectivity index (χ1) is 8.40. The molecular formula is C13H18Cl2N2O. The van der Waals surface area contributed by atoms with Crippen LogP contribution in [0.25, 0.3) is 0 Å². The zero-order valence-corrected chi connectivity index (χ0v) is 12.3. The van der Waals surface area contributed by atoms with Gasteiger partial charge in [-0.3, -0.25) is 4.79 Å². The highest BCUT2D eigenvalue weighted by atomic mass is 35.5. The second kappa shape index (κ2) is 6.98. The summed E-state index contributed by atoms with van der Waals surface area (Å²) >= 11 is 11.8. The third kappa shape index (κ3) is 4.84. The number of amides is 1. The van der Waals surface area contributed by atoms with E-state index in [9.17, 15) is 4.79 Å². The molecule has 0 aliphatic carbocycles. The smallest absolute Gasteiger partial charge is 0.237 e. The molecule has 0 aromatic heterocycles. The first-order valence-electron chi connectivity index (χ1n) is 5.88. The number of nitrogens with one attached hydrogen (secondary N) is 2. The van der Waals surface area contributed by atoms with Gasteiger partial charge in [0.15, 0.2) is 0 Å². The Morgan fingerprint density at radius 1 is 1.22 bits per heavy atom. The van der Waals surface area contributed by atoms with Gasteiger partial charge in [0.1, 0.15) is 0 Å². The summed E-state index contributed by atoms with van der Waals surface area (Å²) < 4.78 is 0. The van der Waals surface area contributed by atoms with Crippen LogP contribution in [-0.4, -0.2) is 18.0 Å². The van der Waals surface area contributed by atoms with Crippen molar-refractivity contribution in [2.24, 2.45) is 0 Å². The van der Waals surface area contributed by atoms with Crippen molar-refractivity contribution in [3.63, 3.8) is 0 Å². The first-order valence-corrected chi connectivity index (χ1v) is 6.63. The molecule has 1 amide bonds.